The second kappa shape index (κ2) is 15.5. The van der Waals surface area contributed by atoms with Crippen molar-refractivity contribution in [3.05, 3.63) is 11.6 Å². The van der Waals surface area contributed by atoms with Gasteiger partial charge in [0.25, 0.3) is 0 Å². The summed E-state index contributed by atoms with van der Waals surface area (Å²) in [5.74, 6) is 0. The van der Waals surface area contributed by atoms with Crippen LogP contribution >= 0.6 is 0 Å². The van der Waals surface area contributed by atoms with Crippen LogP contribution in [0.3, 0.4) is 0 Å². The van der Waals surface area contributed by atoms with Gasteiger partial charge in [-0.05, 0) is 19.4 Å². The molecule has 0 spiro atoms. The van der Waals surface area contributed by atoms with Crippen LogP contribution in [-0.4, -0.2) is 196 Å². The van der Waals surface area contributed by atoms with E-state index < -0.39 is 130 Å². The number of hydrogen-bond donors (Lipinski definition) is 14. The Morgan fingerprint density at radius 3 is 2.02 bits per heavy atom. The molecule has 43 heavy (non-hydrogen) atoms. The minimum atomic E-state index is -1.94. The number of hydrogen-bond acceptors (Lipinski definition) is 18. The van der Waals surface area contributed by atoms with Gasteiger partial charge in [-0.1, -0.05) is 6.08 Å². The van der Waals surface area contributed by atoms with E-state index in [1.54, 1.807) is 0 Å². The maximum absolute atomic E-state index is 10.9. The quantitative estimate of drug-likeness (QED) is 0.0889. The SMILES string of the molecule is CC(O)C(O)C(OC1OC(CO)C(OC2OC(C)C(NC3C=C(CO)C(O)C(O)C3O)C(O)C2O)C(O)C1O)C(O)CO. The lowest BCUT2D eigenvalue weighted by Gasteiger charge is -2.48. The molecule has 0 aromatic rings. The van der Waals surface area contributed by atoms with Gasteiger partial charge in [0.2, 0.25) is 0 Å². The molecule has 0 aromatic heterocycles. The summed E-state index contributed by atoms with van der Waals surface area (Å²) in [4.78, 5) is 0. The van der Waals surface area contributed by atoms with Crippen LogP contribution in [0, 0.1) is 0 Å². The van der Waals surface area contributed by atoms with E-state index in [9.17, 15) is 66.4 Å². The van der Waals surface area contributed by atoms with Crippen LogP contribution in [0.4, 0.5) is 0 Å². The first-order valence-electron chi connectivity index (χ1n) is 13.9. The van der Waals surface area contributed by atoms with Crippen molar-refractivity contribution in [3.63, 3.8) is 0 Å². The van der Waals surface area contributed by atoms with E-state index in [4.69, 9.17) is 18.9 Å². The largest absolute Gasteiger partial charge is 0.394 e. The summed E-state index contributed by atoms with van der Waals surface area (Å²) in [7, 11) is 0. The topological polar surface area (TPSA) is 312 Å². The first-order chi connectivity index (χ1) is 20.2. The highest BCUT2D eigenvalue weighted by Gasteiger charge is 2.52. The third-order valence-electron chi connectivity index (χ3n) is 8.03. The average Bonchev–Trinajstić information content (AvgIpc) is 2.98. The Balaban J connectivity index is 1.70. The Bertz CT molecular complexity index is 896. The Hall–Kier alpha value is -0.980. The minimum Gasteiger partial charge on any atom is -0.394 e. The fourth-order valence-electron chi connectivity index (χ4n) is 5.36. The molecule has 2 heterocycles. The van der Waals surface area contributed by atoms with Gasteiger partial charge in [0.05, 0.1) is 44.1 Å². The van der Waals surface area contributed by atoms with E-state index in [0.29, 0.717) is 0 Å². The molecule has 0 saturated carbocycles. The summed E-state index contributed by atoms with van der Waals surface area (Å²) in [6.07, 6.45) is -24.8. The van der Waals surface area contributed by atoms with E-state index >= 15 is 0 Å². The van der Waals surface area contributed by atoms with E-state index in [1.165, 1.54) is 19.9 Å². The first-order valence-corrected chi connectivity index (χ1v) is 13.9. The summed E-state index contributed by atoms with van der Waals surface area (Å²) < 4.78 is 22.2. The van der Waals surface area contributed by atoms with Gasteiger partial charge >= 0.3 is 0 Å². The number of rotatable bonds is 12. The van der Waals surface area contributed by atoms with Gasteiger partial charge in [-0.25, -0.2) is 0 Å². The molecule has 0 radical (unpaired) electrons. The first kappa shape index (κ1) is 36.5. The van der Waals surface area contributed by atoms with Gasteiger partial charge in [0.1, 0.15) is 73.2 Å². The molecule has 3 rings (SSSR count). The summed E-state index contributed by atoms with van der Waals surface area (Å²) in [6, 6.07) is -2.16. The molecule has 2 aliphatic heterocycles. The molecule has 0 bridgehead atoms. The Labute approximate surface area is 246 Å². The Morgan fingerprint density at radius 2 is 1.47 bits per heavy atom. The van der Waals surface area contributed by atoms with E-state index in [1.807, 2.05) is 0 Å². The zero-order valence-corrected chi connectivity index (χ0v) is 23.5. The molecule has 18 nitrogen and oxygen atoms in total. The van der Waals surface area contributed by atoms with Gasteiger partial charge < -0.3 is 90.6 Å². The summed E-state index contributed by atoms with van der Waals surface area (Å²) in [5.41, 5.74) is 0.0238. The van der Waals surface area contributed by atoms with Crippen molar-refractivity contribution in [3.8, 4) is 0 Å². The van der Waals surface area contributed by atoms with Crippen molar-refractivity contribution >= 4 is 0 Å². The van der Waals surface area contributed by atoms with E-state index in [2.05, 4.69) is 5.32 Å². The average molecular weight is 632 g/mol. The fourth-order valence-corrected chi connectivity index (χ4v) is 5.36. The van der Waals surface area contributed by atoms with Crippen LogP contribution in [0.15, 0.2) is 11.6 Å². The van der Waals surface area contributed by atoms with Crippen LogP contribution in [0.2, 0.25) is 0 Å². The van der Waals surface area contributed by atoms with Crippen molar-refractivity contribution in [1.82, 2.24) is 5.32 Å². The summed E-state index contributed by atoms with van der Waals surface area (Å²) in [6.45, 7) is 0.302. The maximum atomic E-state index is 10.9. The van der Waals surface area contributed by atoms with Crippen molar-refractivity contribution in [2.45, 2.75) is 124 Å². The lowest BCUT2D eigenvalue weighted by Crippen LogP contribution is -2.68. The summed E-state index contributed by atoms with van der Waals surface area (Å²) >= 11 is 0. The predicted molar refractivity (Wildman–Crippen MR) is 139 cm³/mol. The van der Waals surface area contributed by atoms with Crippen LogP contribution in [-0.2, 0) is 18.9 Å². The van der Waals surface area contributed by atoms with Gasteiger partial charge in [-0.2, -0.15) is 0 Å². The molecular formula is C25H45NO17. The van der Waals surface area contributed by atoms with Crippen molar-refractivity contribution < 1.29 is 85.3 Å². The molecular weight excluding hydrogens is 586 g/mol. The number of aliphatic hydroxyl groups is 13. The number of ether oxygens (including phenoxy) is 4. The van der Waals surface area contributed by atoms with Crippen molar-refractivity contribution in [2.75, 3.05) is 19.8 Å². The number of aliphatic hydroxyl groups excluding tert-OH is 13. The zero-order valence-electron chi connectivity index (χ0n) is 23.5. The molecule has 18 unspecified atom stereocenters. The molecule has 0 aromatic carbocycles. The highest BCUT2D eigenvalue weighted by atomic mass is 16.7. The monoisotopic (exact) mass is 631 g/mol. The van der Waals surface area contributed by atoms with Crippen molar-refractivity contribution in [1.29, 1.82) is 0 Å². The smallest absolute Gasteiger partial charge is 0.187 e. The van der Waals surface area contributed by atoms with E-state index in [-0.39, 0.29) is 5.57 Å². The number of nitrogens with one attached hydrogen (secondary N) is 1. The fraction of sp³-hybridized carbons (Fsp3) is 0.920. The van der Waals surface area contributed by atoms with Gasteiger partial charge in [-0.3, -0.25) is 0 Å². The molecule has 0 amide bonds. The third-order valence-corrected chi connectivity index (χ3v) is 8.03. The zero-order chi connectivity index (χ0) is 32.3. The molecule has 18 atom stereocenters. The maximum Gasteiger partial charge on any atom is 0.187 e. The molecule has 2 saturated heterocycles. The lowest BCUT2D eigenvalue weighted by atomic mass is 9.86. The van der Waals surface area contributed by atoms with Gasteiger partial charge in [0, 0.05) is 0 Å². The molecule has 1 aliphatic carbocycles. The van der Waals surface area contributed by atoms with Crippen LogP contribution in [0.5, 0.6) is 0 Å². The second-order valence-electron chi connectivity index (χ2n) is 11.1. The molecule has 18 heteroatoms. The van der Waals surface area contributed by atoms with Crippen LogP contribution < -0.4 is 5.32 Å². The van der Waals surface area contributed by atoms with Gasteiger partial charge in [-0.15, -0.1) is 0 Å². The normalized spacial score (nSPS) is 45.2. The lowest BCUT2D eigenvalue weighted by molar-refractivity contribution is -0.361. The second-order valence-corrected chi connectivity index (χ2v) is 11.1. The highest BCUT2D eigenvalue weighted by Crippen LogP contribution is 2.31. The molecule has 3 aliphatic rings. The van der Waals surface area contributed by atoms with Crippen LogP contribution in [0.1, 0.15) is 13.8 Å². The minimum absolute atomic E-state index is 0.0238. The molecule has 14 N–H and O–H groups in total. The predicted octanol–water partition coefficient (Wildman–Crippen LogP) is -7.90. The van der Waals surface area contributed by atoms with Crippen molar-refractivity contribution in [2.24, 2.45) is 0 Å². The van der Waals surface area contributed by atoms with Crippen LogP contribution in [0.25, 0.3) is 0 Å². The Morgan fingerprint density at radius 1 is 0.837 bits per heavy atom. The summed E-state index contributed by atoms with van der Waals surface area (Å²) in [5, 5.41) is 135. The Kier molecular flexibility index (Phi) is 13.2. The van der Waals surface area contributed by atoms with E-state index in [0.717, 1.165) is 0 Å². The third kappa shape index (κ3) is 7.88. The standard InChI is InChI=1S/C25H45NO17/c1-7(30)14(32)22(11(31)5-28)42-25-21(39)19(37)23(12(6-29)41-25)43-24-20(38)17(35)13(8(2)40-24)26-10-3-9(4-27)15(33)18(36)16(10)34/h3,7-8,10-39H,4-6H2,1-2H3. The highest BCUT2D eigenvalue weighted by molar-refractivity contribution is 5.22. The molecule has 2 fully saturated rings. The van der Waals surface area contributed by atoms with Gasteiger partial charge in [0.15, 0.2) is 12.6 Å². The molecule has 252 valence electrons.